The molecule has 4 heteroatoms. The molecule has 0 unspecified atom stereocenters. The van der Waals surface area contributed by atoms with Gasteiger partial charge in [0.2, 0.25) is 0 Å². The zero-order chi connectivity index (χ0) is 16.9. The average Bonchev–Trinajstić information content (AvgIpc) is 2.65. The number of ether oxygens (including phenoxy) is 3. The average molecular weight is 322 g/mol. The first kappa shape index (κ1) is 15.9. The van der Waals surface area contributed by atoms with Crippen molar-refractivity contribution in [3.05, 3.63) is 71.3 Å². The van der Waals surface area contributed by atoms with Crippen LogP contribution in [-0.2, 0) is 0 Å². The molecule has 0 aliphatic carbocycles. The lowest BCUT2D eigenvalue weighted by atomic mass is 10.1. The number of benzene rings is 2. The van der Waals surface area contributed by atoms with Gasteiger partial charge in [-0.15, -0.1) is 0 Å². The maximum Gasteiger partial charge on any atom is 0.185 e. The Labute approximate surface area is 141 Å². The molecular formula is C20H18O4. The van der Waals surface area contributed by atoms with Crippen LogP contribution in [0.1, 0.15) is 15.9 Å². The highest BCUT2D eigenvalue weighted by molar-refractivity contribution is 6.04. The number of ketones is 1. The maximum atomic E-state index is 12.2. The monoisotopic (exact) mass is 322 g/mol. The molecule has 0 N–H and O–H groups in total. The summed E-state index contributed by atoms with van der Waals surface area (Å²) in [5.74, 6) is 2.25. The van der Waals surface area contributed by atoms with E-state index in [-0.39, 0.29) is 5.78 Å². The van der Waals surface area contributed by atoms with Crippen molar-refractivity contribution in [2.45, 2.75) is 0 Å². The number of rotatable bonds is 5. The SMILES string of the molecule is COc1ccc(C(=O)/C=C/C2=Cc3cc(OC)ccc3OC2)cc1. The minimum absolute atomic E-state index is 0.0602. The molecule has 0 saturated carbocycles. The Hall–Kier alpha value is -3.01. The largest absolute Gasteiger partial charge is 0.497 e. The molecule has 0 saturated heterocycles. The Bertz CT molecular complexity index is 801. The second kappa shape index (κ2) is 7.04. The van der Waals surface area contributed by atoms with Crippen molar-refractivity contribution in [1.82, 2.24) is 0 Å². The van der Waals surface area contributed by atoms with Gasteiger partial charge in [0.25, 0.3) is 0 Å². The topological polar surface area (TPSA) is 44.8 Å². The molecule has 0 atom stereocenters. The highest BCUT2D eigenvalue weighted by Crippen LogP contribution is 2.30. The molecule has 0 radical (unpaired) electrons. The van der Waals surface area contributed by atoms with Crippen LogP contribution in [0.3, 0.4) is 0 Å². The third-order valence-corrected chi connectivity index (χ3v) is 3.78. The Morgan fingerprint density at radius 2 is 1.75 bits per heavy atom. The van der Waals surface area contributed by atoms with Crippen LogP contribution < -0.4 is 14.2 Å². The normalized spacial score (nSPS) is 13.0. The van der Waals surface area contributed by atoms with Gasteiger partial charge in [0, 0.05) is 11.1 Å². The molecule has 1 aliphatic rings. The third kappa shape index (κ3) is 3.49. The fraction of sp³-hybridized carbons (Fsp3) is 0.150. The van der Waals surface area contributed by atoms with Crippen molar-refractivity contribution in [3.8, 4) is 17.2 Å². The van der Waals surface area contributed by atoms with Crippen LogP contribution in [-0.4, -0.2) is 26.6 Å². The van der Waals surface area contributed by atoms with Crippen molar-refractivity contribution in [2.24, 2.45) is 0 Å². The molecule has 1 aliphatic heterocycles. The zero-order valence-corrected chi connectivity index (χ0v) is 13.6. The molecule has 4 nitrogen and oxygen atoms in total. The second-order valence-electron chi connectivity index (χ2n) is 5.34. The smallest absolute Gasteiger partial charge is 0.185 e. The summed E-state index contributed by atoms with van der Waals surface area (Å²) in [6.07, 6.45) is 5.34. The number of hydrogen-bond donors (Lipinski definition) is 0. The number of carbonyl (C=O) groups is 1. The van der Waals surface area contributed by atoms with Crippen LogP contribution in [0.4, 0.5) is 0 Å². The molecule has 2 aromatic rings. The summed E-state index contributed by atoms with van der Waals surface area (Å²) in [6, 6.07) is 12.7. The van der Waals surface area contributed by atoms with Gasteiger partial charge in [-0.2, -0.15) is 0 Å². The Morgan fingerprint density at radius 1 is 1.04 bits per heavy atom. The zero-order valence-electron chi connectivity index (χ0n) is 13.6. The van der Waals surface area contributed by atoms with E-state index in [1.165, 1.54) is 0 Å². The first-order chi connectivity index (χ1) is 11.7. The molecule has 0 bridgehead atoms. The molecule has 3 rings (SSSR count). The van der Waals surface area contributed by atoms with E-state index in [9.17, 15) is 4.79 Å². The van der Waals surface area contributed by atoms with Gasteiger partial charge in [-0.05, 0) is 60.2 Å². The lowest BCUT2D eigenvalue weighted by Crippen LogP contribution is -2.06. The molecule has 0 fully saturated rings. The fourth-order valence-corrected chi connectivity index (χ4v) is 2.43. The number of allylic oxidation sites excluding steroid dienone is 1. The third-order valence-electron chi connectivity index (χ3n) is 3.78. The highest BCUT2D eigenvalue weighted by Gasteiger charge is 2.11. The molecular weight excluding hydrogens is 304 g/mol. The first-order valence-corrected chi connectivity index (χ1v) is 7.57. The van der Waals surface area contributed by atoms with E-state index in [2.05, 4.69) is 0 Å². The van der Waals surface area contributed by atoms with Gasteiger partial charge >= 0.3 is 0 Å². The van der Waals surface area contributed by atoms with E-state index in [0.717, 1.165) is 28.4 Å². The van der Waals surface area contributed by atoms with Gasteiger partial charge in [-0.3, -0.25) is 4.79 Å². The molecule has 24 heavy (non-hydrogen) atoms. The molecule has 1 heterocycles. The minimum atomic E-state index is -0.0602. The van der Waals surface area contributed by atoms with Crippen LogP contribution >= 0.6 is 0 Å². The fourth-order valence-electron chi connectivity index (χ4n) is 2.43. The van der Waals surface area contributed by atoms with E-state index < -0.39 is 0 Å². The van der Waals surface area contributed by atoms with Crippen LogP contribution in [0.5, 0.6) is 17.2 Å². The van der Waals surface area contributed by atoms with Gasteiger partial charge in [-0.1, -0.05) is 6.08 Å². The van der Waals surface area contributed by atoms with Crippen molar-refractivity contribution in [3.63, 3.8) is 0 Å². The Kier molecular flexibility index (Phi) is 4.66. The Morgan fingerprint density at radius 3 is 2.46 bits per heavy atom. The van der Waals surface area contributed by atoms with E-state index in [1.54, 1.807) is 50.6 Å². The summed E-state index contributed by atoms with van der Waals surface area (Å²) in [7, 11) is 3.22. The molecule has 0 amide bonds. The molecule has 0 aromatic heterocycles. The summed E-state index contributed by atoms with van der Waals surface area (Å²) in [4.78, 5) is 12.2. The lowest BCUT2D eigenvalue weighted by Gasteiger charge is -2.16. The number of carbonyl (C=O) groups excluding carboxylic acids is 1. The van der Waals surface area contributed by atoms with Crippen LogP contribution in [0.15, 0.2) is 60.2 Å². The number of hydrogen-bond acceptors (Lipinski definition) is 4. The molecule has 122 valence electrons. The predicted octanol–water partition coefficient (Wildman–Crippen LogP) is 3.92. The molecule has 0 spiro atoms. The van der Waals surface area contributed by atoms with Crippen molar-refractivity contribution in [2.75, 3.05) is 20.8 Å². The minimum Gasteiger partial charge on any atom is -0.497 e. The maximum absolute atomic E-state index is 12.2. The Balaban J connectivity index is 1.75. The summed E-state index contributed by atoms with van der Waals surface area (Å²) in [5, 5.41) is 0. The second-order valence-corrected chi connectivity index (χ2v) is 5.34. The summed E-state index contributed by atoms with van der Waals surface area (Å²) >= 11 is 0. The van der Waals surface area contributed by atoms with E-state index in [4.69, 9.17) is 14.2 Å². The standard InChI is InChI=1S/C20H18O4/c1-22-17-6-4-15(5-7-17)19(21)9-3-14-11-16-12-18(23-2)8-10-20(16)24-13-14/h3-12H,13H2,1-2H3/b9-3+. The van der Waals surface area contributed by atoms with E-state index in [0.29, 0.717) is 12.2 Å². The quantitative estimate of drug-likeness (QED) is 0.618. The van der Waals surface area contributed by atoms with E-state index >= 15 is 0 Å². The van der Waals surface area contributed by atoms with Gasteiger partial charge in [0.15, 0.2) is 5.78 Å². The highest BCUT2D eigenvalue weighted by atomic mass is 16.5. The summed E-state index contributed by atoms with van der Waals surface area (Å²) < 4.78 is 16.0. The van der Waals surface area contributed by atoms with Crippen molar-refractivity contribution >= 4 is 11.9 Å². The first-order valence-electron chi connectivity index (χ1n) is 7.57. The van der Waals surface area contributed by atoms with Gasteiger partial charge in [0.1, 0.15) is 23.9 Å². The van der Waals surface area contributed by atoms with Crippen molar-refractivity contribution < 1.29 is 19.0 Å². The van der Waals surface area contributed by atoms with Gasteiger partial charge in [-0.25, -0.2) is 0 Å². The van der Waals surface area contributed by atoms with Gasteiger partial charge < -0.3 is 14.2 Å². The number of methoxy groups -OCH3 is 2. The van der Waals surface area contributed by atoms with Crippen molar-refractivity contribution in [1.29, 1.82) is 0 Å². The summed E-state index contributed by atoms with van der Waals surface area (Å²) in [5.41, 5.74) is 2.49. The number of fused-ring (bicyclic) bond motifs is 1. The van der Waals surface area contributed by atoms with Crippen LogP contribution in [0.2, 0.25) is 0 Å². The van der Waals surface area contributed by atoms with Crippen LogP contribution in [0, 0.1) is 0 Å². The molecule has 2 aromatic carbocycles. The van der Waals surface area contributed by atoms with Crippen LogP contribution in [0.25, 0.3) is 6.08 Å². The lowest BCUT2D eigenvalue weighted by molar-refractivity contribution is 0.104. The van der Waals surface area contributed by atoms with Gasteiger partial charge in [0.05, 0.1) is 14.2 Å². The summed E-state index contributed by atoms with van der Waals surface area (Å²) in [6.45, 7) is 0.436. The van der Waals surface area contributed by atoms with E-state index in [1.807, 2.05) is 24.3 Å². The predicted molar refractivity (Wildman–Crippen MR) is 92.9 cm³/mol.